The molecule has 0 saturated carbocycles. The number of pyridine rings is 1. The topological polar surface area (TPSA) is 68.3 Å². The van der Waals surface area contributed by atoms with Gasteiger partial charge in [-0.05, 0) is 12.1 Å². The number of aryl methyl sites for hydroxylation is 1. The van der Waals surface area contributed by atoms with E-state index in [0.29, 0.717) is 31.0 Å². The molecule has 0 N–H and O–H groups in total. The first-order valence-electron chi connectivity index (χ1n) is 7.52. The first-order chi connectivity index (χ1) is 11.2. The van der Waals surface area contributed by atoms with Crippen LogP contribution in [0, 0.1) is 0 Å². The van der Waals surface area contributed by atoms with Gasteiger partial charge in [0.1, 0.15) is 11.5 Å². The van der Waals surface area contributed by atoms with E-state index in [1.165, 1.54) is 0 Å². The number of carbonyl (C=O) groups excluding carboxylic acids is 1. The Kier molecular flexibility index (Phi) is 3.30. The summed E-state index contributed by atoms with van der Waals surface area (Å²) in [6.45, 7) is 3.79. The van der Waals surface area contributed by atoms with E-state index < -0.39 is 0 Å². The average molecular weight is 331 g/mol. The van der Waals surface area contributed by atoms with E-state index in [-0.39, 0.29) is 11.1 Å². The highest BCUT2D eigenvalue weighted by Gasteiger charge is 2.28. The van der Waals surface area contributed by atoms with Crippen molar-refractivity contribution in [1.29, 1.82) is 0 Å². The van der Waals surface area contributed by atoms with Gasteiger partial charge in [0.2, 0.25) is 0 Å². The molecule has 0 radical (unpaired) electrons. The molecule has 1 amide bonds. The average Bonchev–Trinajstić information content (AvgIpc) is 3.13. The van der Waals surface area contributed by atoms with Crippen molar-refractivity contribution in [3.8, 4) is 0 Å². The standard InChI is InChI=1S/C15H15ClN6O/c1-2-10-18-19-12-9-20(7-8-21(10)12)15(23)13-14(16)17-11-5-3-4-6-22(11)13/h3-6H,2,7-9H2,1H3. The fourth-order valence-corrected chi connectivity index (χ4v) is 3.22. The van der Waals surface area contributed by atoms with Crippen molar-refractivity contribution in [3.05, 3.63) is 46.9 Å². The molecule has 1 aliphatic rings. The number of halogens is 1. The van der Waals surface area contributed by atoms with Gasteiger partial charge in [-0.1, -0.05) is 24.6 Å². The summed E-state index contributed by atoms with van der Waals surface area (Å²) in [5.41, 5.74) is 1.06. The minimum atomic E-state index is -0.138. The van der Waals surface area contributed by atoms with Crippen LogP contribution in [0.25, 0.3) is 5.65 Å². The number of carbonyl (C=O) groups is 1. The lowest BCUT2D eigenvalue weighted by atomic mass is 10.3. The summed E-state index contributed by atoms with van der Waals surface area (Å²) >= 11 is 6.20. The first kappa shape index (κ1) is 14.2. The number of aromatic nitrogens is 5. The molecule has 4 heterocycles. The maximum atomic E-state index is 12.9. The third kappa shape index (κ3) is 2.19. The Morgan fingerprint density at radius 3 is 3.00 bits per heavy atom. The van der Waals surface area contributed by atoms with Gasteiger partial charge in [-0.2, -0.15) is 0 Å². The molecule has 1 aliphatic heterocycles. The van der Waals surface area contributed by atoms with E-state index in [2.05, 4.69) is 19.7 Å². The van der Waals surface area contributed by atoms with E-state index in [9.17, 15) is 4.79 Å². The molecule has 3 aromatic rings. The lowest BCUT2D eigenvalue weighted by molar-refractivity contribution is 0.0699. The maximum Gasteiger partial charge on any atom is 0.274 e. The van der Waals surface area contributed by atoms with E-state index in [1.54, 1.807) is 15.5 Å². The Hall–Kier alpha value is -2.41. The molecule has 23 heavy (non-hydrogen) atoms. The third-order valence-corrected chi connectivity index (χ3v) is 4.39. The van der Waals surface area contributed by atoms with Crippen LogP contribution in [0.1, 0.15) is 29.1 Å². The summed E-state index contributed by atoms with van der Waals surface area (Å²) in [7, 11) is 0. The largest absolute Gasteiger partial charge is 0.328 e. The molecule has 0 unspecified atom stereocenters. The Labute approximate surface area is 137 Å². The van der Waals surface area contributed by atoms with E-state index in [0.717, 1.165) is 18.1 Å². The number of amides is 1. The molecule has 0 bridgehead atoms. The summed E-state index contributed by atoms with van der Waals surface area (Å²) in [5.74, 6) is 1.63. The van der Waals surface area contributed by atoms with E-state index in [4.69, 9.17) is 11.6 Å². The predicted octanol–water partition coefficient (Wildman–Crippen LogP) is 1.80. The van der Waals surface area contributed by atoms with Gasteiger partial charge in [0.15, 0.2) is 16.7 Å². The highest BCUT2D eigenvalue weighted by Crippen LogP contribution is 2.22. The molecule has 4 rings (SSSR count). The molecule has 7 nitrogen and oxygen atoms in total. The highest BCUT2D eigenvalue weighted by molar-refractivity contribution is 6.32. The van der Waals surface area contributed by atoms with Crippen LogP contribution in [0.15, 0.2) is 24.4 Å². The lowest BCUT2D eigenvalue weighted by Gasteiger charge is -2.27. The van der Waals surface area contributed by atoms with Gasteiger partial charge < -0.3 is 9.47 Å². The molecule has 0 fully saturated rings. The third-order valence-electron chi connectivity index (χ3n) is 4.12. The lowest BCUT2D eigenvalue weighted by Crippen LogP contribution is -2.39. The molecule has 0 aromatic carbocycles. The SMILES string of the molecule is CCc1nnc2n1CCN(C(=O)c1c(Cl)nc3ccccn13)C2. The van der Waals surface area contributed by atoms with Gasteiger partial charge in [0, 0.05) is 25.7 Å². The monoisotopic (exact) mass is 330 g/mol. The zero-order valence-corrected chi connectivity index (χ0v) is 13.4. The van der Waals surface area contributed by atoms with Crippen LogP contribution in [0.4, 0.5) is 0 Å². The smallest absolute Gasteiger partial charge is 0.274 e. The molecule has 0 atom stereocenters. The van der Waals surface area contributed by atoms with Crippen LogP contribution in [-0.2, 0) is 19.5 Å². The van der Waals surface area contributed by atoms with Crippen molar-refractivity contribution in [2.45, 2.75) is 26.4 Å². The van der Waals surface area contributed by atoms with Gasteiger partial charge in [-0.25, -0.2) is 4.98 Å². The predicted molar refractivity (Wildman–Crippen MR) is 84.3 cm³/mol. The van der Waals surface area contributed by atoms with Crippen molar-refractivity contribution in [1.82, 2.24) is 29.0 Å². The highest BCUT2D eigenvalue weighted by atomic mass is 35.5. The van der Waals surface area contributed by atoms with Gasteiger partial charge >= 0.3 is 0 Å². The Morgan fingerprint density at radius 1 is 1.30 bits per heavy atom. The summed E-state index contributed by atoms with van der Waals surface area (Å²) < 4.78 is 3.81. The number of nitrogens with zero attached hydrogens (tertiary/aromatic N) is 6. The number of fused-ring (bicyclic) bond motifs is 2. The molecule has 0 aliphatic carbocycles. The van der Waals surface area contributed by atoms with Gasteiger partial charge in [-0.3, -0.25) is 9.20 Å². The van der Waals surface area contributed by atoms with E-state index >= 15 is 0 Å². The Balaban J connectivity index is 1.68. The fourth-order valence-electron chi connectivity index (χ4n) is 2.96. The second-order valence-corrected chi connectivity index (χ2v) is 5.80. The molecule has 118 valence electrons. The molecule has 3 aromatic heterocycles. The fraction of sp³-hybridized carbons (Fsp3) is 0.333. The number of imidazole rings is 1. The quantitative estimate of drug-likeness (QED) is 0.718. The van der Waals surface area contributed by atoms with Crippen LogP contribution in [-0.4, -0.2) is 41.5 Å². The first-order valence-corrected chi connectivity index (χ1v) is 7.89. The minimum absolute atomic E-state index is 0.138. The van der Waals surface area contributed by atoms with Gasteiger partial charge in [0.25, 0.3) is 5.91 Å². The van der Waals surface area contributed by atoms with E-state index in [1.807, 2.05) is 25.1 Å². The van der Waals surface area contributed by atoms with Crippen molar-refractivity contribution in [2.75, 3.05) is 6.54 Å². The maximum absolute atomic E-state index is 12.9. The molecule has 8 heteroatoms. The van der Waals surface area contributed by atoms with Crippen molar-refractivity contribution < 1.29 is 4.79 Å². The summed E-state index contributed by atoms with van der Waals surface area (Å²) in [6, 6.07) is 5.54. The zero-order chi connectivity index (χ0) is 16.0. The number of hydrogen-bond donors (Lipinski definition) is 0. The summed E-state index contributed by atoms with van der Waals surface area (Å²) in [5, 5.41) is 8.59. The normalized spacial score (nSPS) is 14.3. The van der Waals surface area contributed by atoms with Crippen LogP contribution >= 0.6 is 11.6 Å². The van der Waals surface area contributed by atoms with Crippen molar-refractivity contribution in [2.24, 2.45) is 0 Å². The number of rotatable bonds is 2. The van der Waals surface area contributed by atoms with Crippen LogP contribution < -0.4 is 0 Å². The molecule has 0 spiro atoms. The van der Waals surface area contributed by atoms with Crippen LogP contribution in [0.2, 0.25) is 5.15 Å². The van der Waals surface area contributed by atoms with Crippen LogP contribution in [0.3, 0.4) is 0 Å². The molecular weight excluding hydrogens is 316 g/mol. The summed E-state index contributed by atoms with van der Waals surface area (Å²) in [4.78, 5) is 18.9. The zero-order valence-electron chi connectivity index (χ0n) is 12.6. The van der Waals surface area contributed by atoms with Gasteiger partial charge in [-0.15, -0.1) is 10.2 Å². The molecular formula is C15H15ClN6O. The second kappa shape index (κ2) is 5.34. The van der Waals surface area contributed by atoms with Crippen LogP contribution in [0.5, 0.6) is 0 Å². The Morgan fingerprint density at radius 2 is 2.17 bits per heavy atom. The van der Waals surface area contributed by atoms with Crippen molar-refractivity contribution >= 4 is 23.2 Å². The van der Waals surface area contributed by atoms with Crippen molar-refractivity contribution in [3.63, 3.8) is 0 Å². The second-order valence-electron chi connectivity index (χ2n) is 5.44. The van der Waals surface area contributed by atoms with Gasteiger partial charge in [0.05, 0.1) is 6.54 Å². The summed E-state index contributed by atoms with van der Waals surface area (Å²) in [6.07, 6.45) is 2.63. The Bertz CT molecular complexity index is 899. The minimum Gasteiger partial charge on any atom is -0.328 e. The molecule has 0 saturated heterocycles. The number of hydrogen-bond acceptors (Lipinski definition) is 4.